The second kappa shape index (κ2) is 7.81. The quantitative estimate of drug-likeness (QED) is 0.744. The van der Waals surface area contributed by atoms with Crippen LogP contribution in [0.1, 0.15) is 42.6 Å². The average molecular weight is 296 g/mol. The molecule has 0 saturated carbocycles. The summed E-state index contributed by atoms with van der Waals surface area (Å²) in [7, 11) is 0. The number of alkyl halides is 3. The molecule has 0 amide bonds. The molecule has 1 aromatic rings. The van der Waals surface area contributed by atoms with Gasteiger partial charge in [0.2, 0.25) is 0 Å². The van der Waals surface area contributed by atoms with Gasteiger partial charge in [-0.2, -0.15) is 13.2 Å². The largest absolute Gasteiger partial charge is 0.443 e. The first-order valence-corrected chi connectivity index (χ1v) is 7.14. The topological polar surface area (TPSA) is 34.1 Å². The van der Waals surface area contributed by atoms with Gasteiger partial charge in [-0.3, -0.25) is 0 Å². The number of hydrogen-bond acceptors (Lipinski definition) is 4. The highest BCUT2D eigenvalue weighted by molar-refractivity contribution is 7.11. The van der Waals surface area contributed by atoms with Crippen molar-refractivity contribution in [3.8, 4) is 0 Å². The van der Waals surface area contributed by atoms with E-state index in [0.717, 1.165) is 12.8 Å². The van der Waals surface area contributed by atoms with Crippen LogP contribution in [0.4, 0.5) is 13.2 Å². The summed E-state index contributed by atoms with van der Waals surface area (Å²) in [6, 6.07) is -0.0842. The van der Waals surface area contributed by atoms with Crippen LogP contribution in [0.25, 0.3) is 0 Å². The van der Waals surface area contributed by atoms with E-state index in [4.69, 9.17) is 4.74 Å². The molecule has 0 saturated heterocycles. The van der Waals surface area contributed by atoms with Gasteiger partial charge >= 0.3 is 6.18 Å². The molecule has 0 radical (unpaired) electrons. The SMILES string of the molecule is CCNC(CCCOCC)c1cnc(C(F)(F)F)s1. The Morgan fingerprint density at radius 1 is 1.42 bits per heavy atom. The van der Waals surface area contributed by atoms with E-state index in [9.17, 15) is 13.2 Å². The molecule has 0 spiro atoms. The minimum Gasteiger partial charge on any atom is -0.382 e. The summed E-state index contributed by atoms with van der Waals surface area (Å²) in [5, 5.41) is 2.41. The molecule has 0 aliphatic heterocycles. The first-order chi connectivity index (χ1) is 8.99. The lowest BCUT2D eigenvalue weighted by molar-refractivity contribution is -0.137. The Balaban J connectivity index is 2.62. The third-order valence-corrected chi connectivity index (χ3v) is 3.70. The van der Waals surface area contributed by atoms with Gasteiger partial charge in [0, 0.05) is 30.3 Å². The molecule has 1 unspecified atom stereocenters. The molecule has 1 N–H and O–H groups in total. The Labute approximate surface area is 115 Å². The maximum Gasteiger partial charge on any atom is 0.443 e. The predicted molar refractivity (Wildman–Crippen MR) is 69.3 cm³/mol. The molecule has 3 nitrogen and oxygen atoms in total. The van der Waals surface area contributed by atoms with Crippen LogP contribution in [0.15, 0.2) is 6.20 Å². The van der Waals surface area contributed by atoms with Crippen molar-refractivity contribution >= 4 is 11.3 Å². The molecule has 0 aromatic carbocycles. The average Bonchev–Trinajstić information content (AvgIpc) is 2.82. The van der Waals surface area contributed by atoms with Gasteiger partial charge in [-0.05, 0) is 26.3 Å². The fourth-order valence-corrected chi connectivity index (χ4v) is 2.60. The predicted octanol–water partition coefficient (Wildman–Crippen LogP) is 3.63. The van der Waals surface area contributed by atoms with Gasteiger partial charge in [0.05, 0.1) is 0 Å². The van der Waals surface area contributed by atoms with Crippen molar-refractivity contribution in [2.24, 2.45) is 0 Å². The Hall–Kier alpha value is -0.660. The molecule has 0 aliphatic rings. The lowest BCUT2D eigenvalue weighted by atomic mass is 10.1. The number of rotatable bonds is 8. The first-order valence-electron chi connectivity index (χ1n) is 6.33. The highest BCUT2D eigenvalue weighted by atomic mass is 32.1. The van der Waals surface area contributed by atoms with Crippen molar-refractivity contribution in [1.29, 1.82) is 0 Å². The Morgan fingerprint density at radius 3 is 2.68 bits per heavy atom. The fraction of sp³-hybridized carbons (Fsp3) is 0.750. The Bertz CT molecular complexity index is 368. The number of nitrogens with zero attached hydrogens (tertiary/aromatic N) is 1. The summed E-state index contributed by atoms with van der Waals surface area (Å²) in [5.74, 6) is 0. The monoisotopic (exact) mass is 296 g/mol. The molecule has 0 aliphatic carbocycles. The maximum atomic E-state index is 12.5. The van der Waals surface area contributed by atoms with Crippen molar-refractivity contribution in [2.45, 2.75) is 38.9 Å². The second-order valence-corrected chi connectivity index (χ2v) is 5.08. The van der Waals surface area contributed by atoms with Crippen LogP contribution in [-0.4, -0.2) is 24.7 Å². The van der Waals surface area contributed by atoms with E-state index in [1.807, 2.05) is 13.8 Å². The lowest BCUT2D eigenvalue weighted by Gasteiger charge is -2.15. The third kappa shape index (κ3) is 5.46. The van der Waals surface area contributed by atoms with Crippen molar-refractivity contribution in [3.05, 3.63) is 16.1 Å². The number of ether oxygens (including phenoxy) is 1. The van der Waals surface area contributed by atoms with Crippen LogP contribution in [0.3, 0.4) is 0 Å². The summed E-state index contributed by atoms with van der Waals surface area (Å²) in [6.07, 6.45) is -1.48. The highest BCUT2D eigenvalue weighted by Gasteiger charge is 2.35. The second-order valence-electron chi connectivity index (χ2n) is 4.01. The summed E-state index contributed by atoms with van der Waals surface area (Å²) in [4.78, 5) is 4.09. The zero-order valence-electron chi connectivity index (χ0n) is 11.1. The minimum atomic E-state index is -4.36. The van der Waals surface area contributed by atoms with E-state index < -0.39 is 11.2 Å². The van der Waals surface area contributed by atoms with Crippen LogP contribution >= 0.6 is 11.3 Å². The van der Waals surface area contributed by atoms with Crippen LogP contribution in [-0.2, 0) is 10.9 Å². The third-order valence-electron chi connectivity index (χ3n) is 2.55. The Morgan fingerprint density at radius 2 is 2.16 bits per heavy atom. The number of aromatic nitrogens is 1. The minimum absolute atomic E-state index is 0.0842. The molecular weight excluding hydrogens is 277 g/mol. The van der Waals surface area contributed by atoms with Gasteiger partial charge in [0.15, 0.2) is 5.01 Å². The summed E-state index contributed by atoms with van der Waals surface area (Å²) < 4.78 is 42.8. The molecule has 7 heteroatoms. The smallest absolute Gasteiger partial charge is 0.382 e. The zero-order chi connectivity index (χ0) is 14.3. The fourth-order valence-electron chi connectivity index (χ4n) is 1.70. The van der Waals surface area contributed by atoms with E-state index >= 15 is 0 Å². The van der Waals surface area contributed by atoms with Crippen LogP contribution in [0.5, 0.6) is 0 Å². The van der Waals surface area contributed by atoms with Gasteiger partial charge in [-0.1, -0.05) is 6.92 Å². The standard InChI is InChI=1S/C12H19F3N2OS/c1-3-16-9(6-5-7-18-4-2)10-8-17-11(19-10)12(13,14)15/h8-9,16H,3-7H2,1-2H3. The summed E-state index contributed by atoms with van der Waals surface area (Å²) >= 11 is 0.712. The molecular formula is C12H19F3N2OS. The van der Waals surface area contributed by atoms with E-state index in [1.54, 1.807) is 0 Å². The molecule has 110 valence electrons. The van der Waals surface area contributed by atoms with Gasteiger partial charge in [0.1, 0.15) is 0 Å². The zero-order valence-corrected chi connectivity index (χ0v) is 11.9. The number of thiazole rings is 1. The van der Waals surface area contributed by atoms with E-state index in [1.165, 1.54) is 6.20 Å². The molecule has 1 rings (SSSR count). The summed E-state index contributed by atoms with van der Waals surface area (Å²) in [5.41, 5.74) is 0. The molecule has 0 bridgehead atoms. The number of nitrogens with one attached hydrogen (secondary N) is 1. The van der Waals surface area contributed by atoms with E-state index in [2.05, 4.69) is 10.3 Å². The molecule has 1 aromatic heterocycles. The molecule has 0 fully saturated rings. The van der Waals surface area contributed by atoms with Gasteiger partial charge in [-0.25, -0.2) is 4.98 Å². The van der Waals surface area contributed by atoms with Crippen LogP contribution < -0.4 is 5.32 Å². The van der Waals surface area contributed by atoms with Crippen molar-refractivity contribution in [2.75, 3.05) is 19.8 Å². The van der Waals surface area contributed by atoms with Crippen molar-refractivity contribution in [1.82, 2.24) is 10.3 Å². The summed E-state index contributed by atoms with van der Waals surface area (Å²) in [6.45, 7) is 5.84. The van der Waals surface area contributed by atoms with Crippen molar-refractivity contribution in [3.63, 3.8) is 0 Å². The van der Waals surface area contributed by atoms with E-state index in [0.29, 0.717) is 36.0 Å². The number of halogens is 3. The van der Waals surface area contributed by atoms with Crippen LogP contribution in [0, 0.1) is 0 Å². The normalized spacial score (nSPS) is 13.7. The highest BCUT2D eigenvalue weighted by Crippen LogP contribution is 2.35. The van der Waals surface area contributed by atoms with Crippen LogP contribution in [0.2, 0.25) is 0 Å². The molecule has 1 heterocycles. The number of hydrogen-bond donors (Lipinski definition) is 1. The molecule has 19 heavy (non-hydrogen) atoms. The van der Waals surface area contributed by atoms with Gasteiger partial charge in [-0.15, -0.1) is 11.3 Å². The lowest BCUT2D eigenvalue weighted by Crippen LogP contribution is -2.20. The van der Waals surface area contributed by atoms with Gasteiger partial charge < -0.3 is 10.1 Å². The first kappa shape index (κ1) is 16.4. The van der Waals surface area contributed by atoms with Gasteiger partial charge in [0.25, 0.3) is 0 Å². The van der Waals surface area contributed by atoms with Crippen molar-refractivity contribution < 1.29 is 17.9 Å². The maximum absolute atomic E-state index is 12.5. The van der Waals surface area contributed by atoms with E-state index in [-0.39, 0.29) is 6.04 Å². The molecule has 1 atom stereocenters. The Kier molecular flexibility index (Phi) is 6.74.